The highest BCUT2D eigenvalue weighted by atomic mass is 32.2. The number of nitrogens with two attached hydrogens (primary N) is 1. The van der Waals surface area contributed by atoms with Crippen LogP contribution in [0.3, 0.4) is 0 Å². The first kappa shape index (κ1) is 16.7. The van der Waals surface area contributed by atoms with Crippen molar-refractivity contribution in [3.63, 3.8) is 0 Å². The summed E-state index contributed by atoms with van der Waals surface area (Å²) in [5.41, 5.74) is 4.96. The normalized spacial score (nSPS) is 12.5. The average Bonchev–Trinajstić information content (AvgIpc) is 2.70. The molecule has 1 aromatic heterocycles. The lowest BCUT2D eigenvalue weighted by Crippen LogP contribution is -2.42. The predicted octanol–water partition coefficient (Wildman–Crippen LogP) is 1.64. The van der Waals surface area contributed by atoms with Gasteiger partial charge in [0.1, 0.15) is 0 Å². The molecule has 0 bridgehead atoms. The molecule has 1 atom stereocenters. The second-order valence-electron chi connectivity index (χ2n) is 4.64. The molecule has 0 fully saturated rings. The highest BCUT2D eigenvalue weighted by Crippen LogP contribution is 2.33. The molecular weight excluding hydrogens is 300 g/mol. The van der Waals surface area contributed by atoms with Crippen LogP contribution in [0, 0.1) is 5.92 Å². The quantitative estimate of drug-likeness (QED) is 0.772. The Morgan fingerprint density at radius 1 is 1.30 bits per heavy atom. The van der Waals surface area contributed by atoms with Crippen molar-refractivity contribution < 1.29 is 14.3 Å². The van der Waals surface area contributed by atoms with Gasteiger partial charge in [-0.25, -0.2) is 4.79 Å². The van der Waals surface area contributed by atoms with Gasteiger partial charge in [-0.15, -0.1) is 5.10 Å². The van der Waals surface area contributed by atoms with Crippen LogP contribution < -0.4 is 15.8 Å². The van der Waals surface area contributed by atoms with E-state index in [1.807, 2.05) is 27.7 Å². The molecule has 20 heavy (non-hydrogen) atoms. The van der Waals surface area contributed by atoms with Crippen molar-refractivity contribution >= 4 is 35.0 Å². The maximum atomic E-state index is 11.9. The van der Waals surface area contributed by atoms with Crippen LogP contribution in [0.4, 0.5) is 4.79 Å². The molecule has 0 aromatic carbocycles. The lowest BCUT2D eigenvalue weighted by molar-refractivity contribution is -0.120. The molecule has 0 radical (unpaired) electrons. The third-order valence-corrected chi connectivity index (χ3v) is 4.51. The molecule has 0 spiro atoms. The van der Waals surface area contributed by atoms with Gasteiger partial charge in [0.05, 0.1) is 11.4 Å². The number of nitrogens with one attached hydrogen (secondary N) is 1. The van der Waals surface area contributed by atoms with E-state index in [2.05, 4.69) is 15.5 Å². The number of imide groups is 1. The van der Waals surface area contributed by atoms with Crippen molar-refractivity contribution in [2.75, 3.05) is 0 Å². The molecule has 3 N–H and O–H groups in total. The smallest absolute Gasteiger partial charge is 0.318 e. The van der Waals surface area contributed by atoms with E-state index in [4.69, 9.17) is 10.5 Å². The Balaban J connectivity index is 2.73. The first-order chi connectivity index (χ1) is 9.29. The fourth-order valence-corrected chi connectivity index (χ4v) is 3.30. The average molecular weight is 318 g/mol. The Labute approximate surface area is 125 Å². The highest BCUT2D eigenvalue weighted by Gasteiger charge is 2.26. The predicted molar refractivity (Wildman–Crippen MR) is 77.9 cm³/mol. The van der Waals surface area contributed by atoms with Crippen molar-refractivity contribution in [1.29, 1.82) is 0 Å². The Bertz CT molecular complexity index is 476. The number of primary amides is 1. The van der Waals surface area contributed by atoms with Gasteiger partial charge in [-0.1, -0.05) is 30.7 Å². The SMILES string of the molecule is CC(C)Oc1nnc(SC(C(=O)NC(N)=O)C(C)C)s1. The number of ether oxygens (including phenoxy) is 1. The van der Waals surface area contributed by atoms with E-state index >= 15 is 0 Å². The fraction of sp³-hybridized carbons (Fsp3) is 0.636. The van der Waals surface area contributed by atoms with Gasteiger partial charge in [0.2, 0.25) is 5.91 Å². The molecule has 0 aliphatic heterocycles. The second kappa shape index (κ2) is 7.44. The summed E-state index contributed by atoms with van der Waals surface area (Å²) in [7, 11) is 0. The van der Waals surface area contributed by atoms with E-state index in [1.165, 1.54) is 23.1 Å². The number of aromatic nitrogens is 2. The molecule has 1 aromatic rings. The third-order valence-electron chi connectivity index (χ3n) is 2.06. The van der Waals surface area contributed by atoms with Gasteiger partial charge in [0.25, 0.3) is 5.19 Å². The number of hydrogen-bond acceptors (Lipinski definition) is 7. The zero-order valence-electron chi connectivity index (χ0n) is 11.7. The fourth-order valence-electron chi connectivity index (χ4n) is 1.29. The molecule has 0 aliphatic rings. The monoisotopic (exact) mass is 318 g/mol. The van der Waals surface area contributed by atoms with Gasteiger partial charge in [0, 0.05) is 0 Å². The molecule has 0 saturated carbocycles. The summed E-state index contributed by atoms with van der Waals surface area (Å²) in [5, 5.41) is 9.93. The van der Waals surface area contributed by atoms with Crippen molar-refractivity contribution in [2.24, 2.45) is 11.7 Å². The van der Waals surface area contributed by atoms with Crippen molar-refractivity contribution in [2.45, 2.75) is 43.4 Å². The lowest BCUT2D eigenvalue weighted by Gasteiger charge is -2.16. The van der Waals surface area contributed by atoms with Crippen LogP contribution in [0.1, 0.15) is 27.7 Å². The van der Waals surface area contributed by atoms with Gasteiger partial charge in [0.15, 0.2) is 4.34 Å². The van der Waals surface area contributed by atoms with E-state index in [0.717, 1.165) is 0 Å². The van der Waals surface area contributed by atoms with Crippen LogP contribution >= 0.6 is 23.1 Å². The van der Waals surface area contributed by atoms with Crippen LogP contribution in [-0.2, 0) is 4.79 Å². The number of carbonyl (C=O) groups is 2. The minimum absolute atomic E-state index is 0.0118. The van der Waals surface area contributed by atoms with E-state index in [9.17, 15) is 9.59 Å². The molecule has 3 amide bonds. The molecular formula is C11H18N4O3S2. The molecule has 7 nitrogen and oxygen atoms in total. The summed E-state index contributed by atoms with van der Waals surface area (Å²) in [5.74, 6) is -0.420. The minimum Gasteiger partial charge on any atom is -0.466 e. The number of nitrogens with zero attached hydrogens (tertiary/aromatic N) is 2. The van der Waals surface area contributed by atoms with Crippen LogP contribution in [0.25, 0.3) is 0 Å². The van der Waals surface area contributed by atoms with Crippen molar-refractivity contribution in [3.05, 3.63) is 0 Å². The summed E-state index contributed by atoms with van der Waals surface area (Å²) in [6.07, 6.45) is 0.0138. The first-order valence-corrected chi connectivity index (χ1v) is 7.76. The Morgan fingerprint density at radius 2 is 1.95 bits per heavy atom. The van der Waals surface area contributed by atoms with Crippen molar-refractivity contribution in [3.8, 4) is 5.19 Å². The summed E-state index contributed by atoms with van der Waals surface area (Å²) in [6.45, 7) is 7.55. The molecule has 0 aliphatic carbocycles. The van der Waals surface area contributed by atoms with Gasteiger partial charge >= 0.3 is 6.03 Å². The molecule has 0 saturated heterocycles. The van der Waals surface area contributed by atoms with Gasteiger partial charge in [-0.2, -0.15) is 0 Å². The molecule has 112 valence electrons. The van der Waals surface area contributed by atoms with Crippen LogP contribution in [0.5, 0.6) is 5.19 Å². The Kier molecular flexibility index (Phi) is 6.21. The Morgan fingerprint density at radius 3 is 2.45 bits per heavy atom. The minimum atomic E-state index is -0.859. The number of urea groups is 1. The summed E-state index contributed by atoms with van der Waals surface area (Å²) >= 11 is 2.51. The standard InChI is InChI=1S/C11H18N4O3S2/c1-5(2)7(8(16)13-9(12)17)19-11-15-14-10(20-11)18-6(3)4/h5-7H,1-4H3,(H3,12,13,16,17). The number of amides is 3. The van der Waals surface area contributed by atoms with Crippen LogP contribution in [0.2, 0.25) is 0 Å². The summed E-state index contributed by atoms with van der Waals surface area (Å²) < 4.78 is 6.03. The van der Waals surface area contributed by atoms with E-state index in [0.29, 0.717) is 9.53 Å². The van der Waals surface area contributed by atoms with Crippen molar-refractivity contribution in [1.82, 2.24) is 15.5 Å². The Hall–Kier alpha value is -1.35. The van der Waals surface area contributed by atoms with Gasteiger partial charge in [-0.3, -0.25) is 10.1 Å². The molecule has 1 heterocycles. The molecule has 9 heteroatoms. The molecule has 1 unspecified atom stereocenters. The summed E-state index contributed by atoms with van der Waals surface area (Å²) in [6, 6.07) is -0.859. The topological polar surface area (TPSA) is 107 Å². The maximum absolute atomic E-state index is 11.9. The second-order valence-corrected chi connectivity index (χ2v) is 6.97. The summed E-state index contributed by atoms with van der Waals surface area (Å²) in [4.78, 5) is 22.6. The number of rotatable bonds is 6. The maximum Gasteiger partial charge on any atom is 0.318 e. The van der Waals surface area contributed by atoms with Crippen LogP contribution in [-0.4, -0.2) is 33.5 Å². The van der Waals surface area contributed by atoms with Gasteiger partial charge in [-0.05, 0) is 31.1 Å². The zero-order chi connectivity index (χ0) is 15.3. The lowest BCUT2D eigenvalue weighted by atomic mass is 10.1. The number of carbonyl (C=O) groups excluding carboxylic acids is 2. The van der Waals surface area contributed by atoms with Crippen LogP contribution in [0.15, 0.2) is 4.34 Å². The highest BCUT2D eigenvalue weighted by molar-refractivity contribution is 8.02. The first-order valence-electron chi connectivity index (χ1n) is 6.06. The van der Waals surface area contributed by atoms with E-state index in [1.54, 1.807) is 0 Å². The third kappa shape index (κ3) is 5.33. The molecule has 1 rings (SSSR count). The number of hydrogen-bond donors (Lipinski definition) is 2. The van der Waals surface area contributed by atoms with E-state index < -0.39 is 17.2 Å². The van der Waals surface area contributed by atoms with Gasteiger partial charge < -0.3 is 10.5 Å². The number of thioether (sulfide) groups is 1. The largest absolute Gasteiger partial charge is 0.466 e. The van der Waals surface area contributed by atoms with E-state index in [-0.39, 0.29) is 12.0 Å². The zero-order valence-corrected chi connectivity index (χ0v) is 13.4.